The number of nitrogens with zero attached hydrogens (tertiary/aromatic N) is 2. The maximum absolute atomic E-state index is 11.3. The van der Waals surface area contributed by atoms with Crippen molar-refractivity contribution in [3.8, 4) is 0 Å². The van der Waals surface area contributed by atoms with E-state index in [1.165, 1.54) is 12.3 Å². The predicted molar refractivity (Wildman–Crippen MR) is 50.0 cm³/mol. The van der Waals surface area contributed by atoms with Gasteiger partial charge in [0.2, 0.25) is 0 Å². The van der Waals surface area contributed by atoms with Crippen LogP contribution in [0.5, 0.6) is 0 Å². The molecule has 0 aromatic carbocycles. The van der Waals surface area contributed by atoms with Gasteiger partial charge in [-0.2, -0.15) is 5.10 Å². The van der Waals surface area contributed by atoms with Crippen molar-refractivity contribution < 1.29 is 9.90 Å². The summed E-state index contributed by atoms with van der Waals surface area (Å²) in [5.41, 5.74) is 0.350. The highest BCUT2D eigenvalue weighted by Crippen LogP contribution is 1.93. The van der Waals surface area contributed by atoms with Crippen molar-refractivity contribution in [1.29, 1.82) is 0 Å². The van der Waals surface area contributed by atoms with Gasteiger partial charge in [0, 0.05) is 6.07 Å². The third-order valence-corrected chi connectivity index (χ3v) is 1.65. The Balaban J connectivity index is 2.93. The molecule has 1 aromatic rings. The molecule has 0 aliphatic heterocycles. The number of carboxylic acids is 1. The number of carboxylic acid groups (broad SMARTS) is 1. The van der Waals surface area contributed by atoms with Gasteiger partial charge in [-0.3, -0.25) is 4.79 Å². The topological polar surface area (TPSA) is 72.2 Å². The molecule has 0 aliphatic rings. The van der Waals surface area contributed by atoms with E-state index in [9.17, 15) is 9.59 Å². The molecular weight excluding hydrogens is 184 g/mol. The molecule has 0 bridgehead atoms. The maximum Gasteiger partial charge on any atom is 0.332 e. The molecule has 0 unspecified atom stereocenters. The van der Waals surface area contributed by atoms with Crippen molar-refractivity contribution in [3.05, 3.63) is 40.3 Å². The Bertz CT molecular complexity index is 434. The molecule has 5 heteroatoms. The van der Waals surface area contributed by atoms with Crippen LogP contribution < -0.4 is 5.56 Å². The zero-order valence-electron chi connectivity index (χ0n) is 7.73. The Labute approximate surface area is 80.3 Å². The molecular formula is C9H10N2O3. The minimum absolute atomic E-state index is 0.0662. The predicted octanol–water partition coefficient (Wildman–Crippen LogP) is 0.193. The number of aryl methyl sites for hydroxylation is 1. The second kappa shape index (κ2) is 3.87. The Morgan fingerprint density at radius 3 is 2.86 bits per heavy atom. The lowest BCUT2D eigenvalue weighted by molar-refractivity contribution is -0.132. The van der Waals surface area contributed by atoms with Gasteiger partial charge < -0.3 is 5.11 Å². The number of hydrogen-bond donors (Lipinski definition) is 1. The Morgan fingerprint density at radius 2 is 2.36 bits per heavy atom. The molecule has 14 heavy (non-hydrogen) atoms. The average Bonchev–Trinajstić information content (AvgIpc) is 2.09. The van der Waals surface area contributed by atoms with E-state index in [2.05, 4.69) is 11.7 Å². The van der Waals surface area contributed by atoms with Gasteiger partial charge in [0.15, 0.2) is 0 Å². The van der Waals surface area contributed by atoms with E-state index in [0.717, 1.165) is 10.2 Å². The summed E-state index contributed by atoms with van der Waals surface area (Å²) in [5, 5.41) is 12.3. The molecule has 1 heterocycles. The second-order valence-electron chi connectivity index (χ2n) is 2.94. The van der Waals surface area contributed by atoms with Crippen LogP contribution in [0.15, 0.2) is 29.2 Å². The first kappa shape index (κ1) is 10.2. The number of aliphatic carboxylic acids is 1. The molecule has 0 radical (unpaired) electrons. The van der Waals surface area contributed by atoms with Gasteiger partial charge in [-0.25, -0.2) is 9.48 Å². The van der Waals surface area contributed by atoms with Crippen LogP contribution in [0.4, 0.5) is 0 Å². The van der Waals surface area contributed by atoms with E-state index in [-0.39, 0.29) is 17.7 Å². The highest BCUT2D eigenvalue weighted by atomic mass is 16.4. The van der Waals surface area contributed by atoms with Crippen LogP contribution in [0.25, 0.3) is 0 Å². The largest absolute Gasteiger partial charge is 0.478 e. The van der Waals surface area contributed by atoms with E-state index in [0.29, 0.717) is 0 Å². The quantitative estimate of drug-likeness (QED) is 0.697. The zero-order chi connectivity index (χ0) is 10.7. The van der Waals surface area contributed by atoms with E-state index in [1.54, 1.807) is 6.92 Å². The molecule has 1 rings (SSSR count). The van der Waals surface area contributed by atoms with Crippen LogP contribution in [0, 0.1) is 6.92 Å². The molecule has 0 atom stereocenters. The van der Waals surface area contributed by atoms with Gasteiger partial charge in [-0.1, -0.05) is 6.58 Å². The third kappa shape index (κ3) is 2.29. The second-order valence-corrected chi connectivity index (χ2v) is 2.94. The summed E-state index contributed by atoms with van der Waals surface area (Å²) < 4.78 is 1.06. The molecule has 0 spiro atoms. The summed E-state index contributed by atoms with van der Waals surface area (Å²) >= 11 is 0. The van der Waals surface area contributed by atoms with E-state index in [1.807, 2.05) is 0 Å². The van der Waals surface area contributed by atoms with Crippen LogP contribution in [-0.2, 0) is 11.3 Å². The molecule has 1 N–H and O–H groups in total. The third-order valence-electron chi connectivity index (χ3n) is 1.65. The van der Waals surface area contributed by atoms with Gasteiger partial charge in [0.25, 0.3) is 5.56 Å². The van der Waals surface area contributed by atoms with Crippen LogP contribution in [0.1, 0.15) is 5.56 Å². The molecule has 0 saturated carbocycles. The Morgan fingerprint density at radius 1 is 1.71 bits per heavy atom. The van der Waals surface area contributed by atoms with Crippen molar-refractivity contribution in [3.63, 3.8) is 0 Å². The molecule has 1 aromatic heterocycles. The minimum atomic E-state index is -1.13. The first-order chi connectivity index (χ1) is 6.50. The fourth-order valence-electron chi connectivity index (χ4n) is 0.891. The Kier molecular flexibility index (Phi) is 2.81. The molecule has 5 nitrogen and oxygen atoms in total. The van der Waals surface area contributed by atoms with Crippen molar-refractivity contribution in [2.75, 3.05) is 0 Å². The average molecular weight is 194 g/mol. The number of rotatable bonds is 3. The minimum Gasteiger partial charge on any atom is -0.478 e. The van der Waals surface area contributed by atoms with Crippen molar-refractivity contribution >= 4 is 5.97 Å². The van der Waals surface area contributed by atoms with E-state index in [4.69, 9.17) is 5.11 Å². The number of hydrogen-bond acceptors (Lipinski definition) is 3. The summed E-state index contributed by atoms with van der Waals surface area (Å²) in [4.78, 5) is 21.7. The highest BCUT2D eigenvalue weighted by molar-refractivity contribution is 5.85. The van der Waals surface area contributed by atoms with Crippen LogP contribution in [0.3, 0.4) is 0 Å². The summed E-state index contributed by atoms with van der Waals surface area (Å²) in [6.45, 7) is 4.97. The van der Waals surface area contributed by atoms with Gasteiger partial charge in [-0.15, -0.1) is 0 Å². The fraction of sp³-hybridized carbons (Fsp3) is 0.222. The molecule has 0 amide bonds. The first-order valence-electron chi connectivity index (χ1n) is 3.95. The first-order valence-corrected chi connectivity index (χ1v) is 3.95. The lowest BCUT2D eigenvalue weighted by Crippen LogP contribution is -2.24. The monoisotopic (exact) mass is 194 g/mol. The zero-order valence-corrected chi connectivity index (χ0v) is 7.73. The molecule has 0 aliphatic carbocycles. The SMILES string of the molecule is C=C(Cn1ncc(C)cc1=O)C(=O)O. The lowest BCUT2D eigenvalue weighted by atomic mass is 10.3. The van der Waals surface area contributed by atoms with E-state index < -0.39 is 5.97 Å². The molecule has 0 fully saturated rings. The standard InChI is InChI=1S/C9H10N2O3/c1-6-3-8(12)11(10-4-6)5-7(2)9(13)14/h3-4H,2,5H2,1H3,(H,13,14). The summed E-state index contributed by atoms with van der Waals surface area (Å²) in [6, 6.07) is 1.39. The lowest BCUT2D eigenvalue weighted by Gasteiger charge is -2.03. The Hall–Kier alpha value is -1.91. The molecule has 74 valence electrons. The normalized spacial score (nSPS) is 9.79. The van der Waals surface area contributed by atoms with Crippen LogP contribution >= 0.6 is 0 Å². The fourth-order valence-corrected chi connectivity index (χ4v) is 0.891. The molecule has 0 saturated heterocycles. The highest BCUT2D eigenvalue weighted by Gasteiger charge is 2.06. The van der Waals surface area contributed by atoms with Crippen LogP contribution in [0.2, 0.25) is 0 Å². The number of carbonyl (C=O) groups is 1. The van der Waals surface area contributed by atoms with Gasteiger partial charge >= 0.3 is 5.97 Å². The van der Waals surface area contributed by atoms with Crippen molar-refractivity contribution in [1.82, 2.24) is 9.78 Å². The smallest absolute Gasteiger partial charge is 0.332 e. The van der Waals surface area contributed by atoms with Crippen molar-refractivity contribution in [2.24, 2.45) is 0 Å². The van der Waals surface area contributed by atoms with Gasteiger partial charge in [-0.05, 0) is 12.5 Å². The summed E-state index contributed by atoms with van der Waals surface area (Å²) in [6.07, 6.45) is 1.50. The maximum atomic E-state index is 11.3. The van der Waals surface area contributed by atoms with Gasteiger partial charge in [0.1, 0.15) is 0 Å². The van der Waals surface area contributed by atoms with E-state index >= 15 is 0 Å². The van der Waals surface area contributed by atoms with Gasteiger partial charge in [0.05, 0.1) is 18.3 Å². The van der Waals surface area contributed by atoms with Crippen molar-refractivity contribution in [2.45, 2.75) is 13.5 Å². The van der Waals surface area contributed by atoms with Crippen LogP contribution in [-0.4, -0.2) is 20.9 Å². The summed E-state index contributed by atoms with van der Waals surface area (Å²) in [5.74, 6) is -1.13. The summed E-state index contributed by atoms with van der Waals surface area (Å²) in [7, 11) is 0. The number of aromatic nitrogens is 2.